The quantitative estimate of drug-likeness (QED) is 0.762. The van der Waals surface area contributed by atoms with Gasteiger partial charge in [0.15, 0.2) is 0 Å². The van der Waals surface area contributed by atoms with Crippen LogP contribution >= 0.6 is 0 Å². The summed E-state index contributed by atoms with van der Waals surface area (Å²) in [5.74, 6) is 0.209. The van der Waals surface area contributed by atoms with Crippen molar-refractivity contribution >= 4 is 5.78 Å². The maximum absolute atomic E-state index is 11.2. The molecule has 0 aliphatic rings. The number of carbonyl (C=O) groups is 1. The number of Topliss-reactive ketones (excluding diaryl/α,β-unsaturated/α-hetero) is 1. The van der Waals surface area contributed by atoms with Gasteiger partial charge in [-0.15, -0.1) is 0 Å². The molecule has 0 saturated carbocycles. The van der Waals surface area contributed by atoms with Crippen LogP contribution in [0.4, 0.5) is 0 Å². The third-order valence-electron chi connectivity index (χ3n) is 2.07. The fourth-order valence-corrected chi connectivity index (χ4v) is 1.22. The molecule has 0 bridgehead atoms. The van der Waals surface area contributed by atoms with Crippen LogP contribution in [0.2, 0.25) is 0 Å². The Balaban J connectivity index is 2.81. The molecule has 0 spiro atoms. The molecule has 0 amide bonds. The number of ketones is 1. The molecule has 13 heavy (non-hydrogen) atoms. The Morgan fingerprint density at radius 3 is 2.46 bits per heavy atom. The molecule has 1 aromatic rings. The van der Waals surface area contributed by atoms with Crippen LogP contribution in [0.3, 0.4) is 0 Å². The Morgan fingerprint density at radius 2 is 1.92 bits per heavy atom. The van der Waals surface area contributed by atoms with Crippen LogP contribution in [0.1, 0.15) is 24.5 Å². The number of hydrogen-bond acceptors (Lipinski definition) is 2. The molecule has 70 valence electrons. The van der Waals surface area contributed by atoms with Crippen LogP contribution in [0, 0.1) is 0 Å². The molecule has 0 unspecified atom stereocenters. The summed E-state index contributed by atoms with van der Waals surface area (Å²) in [6.45, 7) is 1.86. The predicted octanol–water partition coefficient (Wildman–Crippen LogP) is 1.70. The van der Waals surface area contributed by atoms with Crippen molar-refractivity contribution in [1.82, 2.24) is 0 Å². The summed E-state index contributed by atoms with van der Waals surface area (Å²) in [5, 5.41) is 8.99. The Morgan fingerprint density at radius 1 is 1.31 bits per heavy atom. The van der Waals surface area contributed by atoms with E-state index >= 15 is 0 Å². The SMILES string of the molecule is CCC(=O)Cc1ccccc1CO. The zero-order chi connectivity index (χ0) is 9.68. The van der Waals surface area contributed by atoms with E-state index in [9.17, 15) is 4.79 Å². The minimum absolute atomic E-state index is 0.00711. The van der Waals surface area contributed by atoms with Crippen molar-refractivity contribution in [1.29, 1.82) is 0 Å². The minimum atomic E-state index is 0.00711. The normalized spacial score (nSPS) is 10.0. The summed E-state index contributed by atoms with van der Waals surface area (Å²) in [5.41, 5.74) is 1.79. The number of benzene rings is 1. The Bertz CT molecular complexity index is 292. The Kier molecular flexibility index (Phi) is 3.65. The number of aliphatic hydroxyl groups is 1. The van der Waals surface area contributed by atoms with Crippen molar-refractivity contribution in [2.24, 2.45) is 0 Å². The van der Waals surface area contributed by atoms with Crippen LogP contribution in [-0.4, -0.2) is 10.9 Å². The summed E-state index contributed by atoms with van der Waals surface area (Å²) in [6, 6.07) is 7.49. The topological polar surface area (TPSA) is 37.3 Å². The smallest absolute Gasteiger partial charge is 0.137 e. The van der Waals surface area contributed by atoms with E-state index < -0.39 is 0 Å². The van der Waals surface area contributed by atoms with Crippen molar-refractivity contribution in [3.8, 4) is 0 Å². The third kappa shape index (κ3) is 2.67. The number of rotatable bonds is 4. The van der Waals surface area contributed by atoms with Crippen molar-refractivity contribution in [3.63, 3.8) is 0 Å². The summed E-state index contributed by atoms with van der Waals surface area (Å²) in [6.07, 6.45) is 0.993. The van der Waals surface area contributed by atoms with Crippen LogP contribution in [0.5, 0.6) is 0 Å². The van der Waals surface area contributed by atoms with Gasteiger partial charge in [-0.1, -0.05) is 31.2 Å². The second-order valence-electron chi connectivity index (χ2n) is 3.00. The third-order valence-corrected chi connectivity index (χ3v) is 2.07. The molecular formula is C11H14O2. The highest BCUT2D eigenvalue weighted by Gasteiger charge is 2.04. The van der Waals surface area contributed by atoms with E-state index in [4.69, 9.17) is 5.11 Å². The molecule has 1 N–H and O–H groups in total. The van der Waals surface area contributed by atoms with Crippen molar-refractivity contribution in [2.45, 2.75) is 26.4 Å². The molecule has 0 saturated heterocycles. The molecule has 1 rings (SSSR count). The van der Waals surface area contributed by atoms with Gasteiger partial charge in [0.1, 0.15) is 5.78 Å². The minimum Gasteiger partial charge on any atom is -0.392 e. The monoisotopic (exact) mass is 178 g/mol. The molecular weight excluding hydrogens is 164 g/mol. The zero-order valence-electron chi connectivity index (χ0n) is 7.79. The van der Waals surface area contributed by atoms with E-state index in [-0.39, 0.29) is 12.4 Å². The zero-order valence-corrected chi connectivity index (χ0v) is 7.79. The van der Waals surface area contributed by atoms with Gasteiger partial charge in [-0.2, -0.15) is 0 Å². The standard InChI is InChI=1S/C11H14O2/c1-2-11(13)7-9-5-3-4-6-10(9)8-12/h3-6,12H,2,7-8H2,1H3. The lowest BCUT2D eigenvalue weighted by molar-refractivity contribution is -0.118. The van der Waals surface area contributed by atoms with Gasteiger partial charge in [0.2, 0.25) is 0 Å². The summed E-state index contributed by atoms with van der Waals surface area (Å²) in [7, 11) is 0. The van der Waals surface area contributed by atoms with Crippen molar-refractivity contribution in [2.75, 3.05) is 0 Å². The fourth-order valence-electron chi connectivity index (χ4n) is 1.22. The van der Waals surface area contributed by atoms with Crippen LogP contribution in [0.15, 0.2) is 24.3 Å². The molecule has 2 heteroatoms. The highest BCUT2D eigenvalue weighted by molar-refractivity contribution is 5.80. The van der Waals surface area contributed by atoms with Crippen LogP contribution in [-0.2, 0) is 17.8 Å². The predicted molar refractivity (Wildman–Crippen MR) is 51.4 cm³/mol. The average molecular weight is 178 g/mol. The van der Waals surface area contributed by atoms with E-state index in [1.165, 1.54) is 0 Å². The lowest BCUT2D eigenvalue weighted by Crippen LogP contribution is -2.03. The highest BCUT2D eigenvalue weighted by Crippen LogP contribution is 2.10. The highest BCUT2D eigenvalue weighted by atomic mass is 16.3. The van der Waals surface area contributed by atoms with Gasteiger partial charge >= 0.3 is 0 Å². The van der Waals surface area contributed by atoms with Crippen LogP contribution < -0.4 is 0 Å². The second kappa shape index (κ2) is 4.77. The molecule has 0 heterocycles. The lowest BCUT2D eigenvalue weighted by Gasteiger charge is -2.04. The first-order valence-electron chi connectivity index (χ1n) is 4.47. The molecule has 0 atom stereocenters. The fraction of sp³-hybridized carbons (Fsp3) is 0.364. The molecule has 1 aromatic carbocycles. The maximum atomic E-state index is 11.2. The number of aliphatic hydroxyl groups excluding tert-OH is 1. The number of carbonyl (C=O) groups excluding carboxylic acids is 1. The molecule has 0 radical (unpaired) electrons. The van der Waals surface area contributed by atoms with E-state index in [1.807, 2.05) is 31.2 Å². The van der Waals surface area contributed by atoms with Gasteiger partial charge in [0.25, 0.3) is 0 Å². The first-order chi connectivity index (χ1) is 6.27. The van der Waals surface area contributed by atoms with Crippen molar-refractivity contribution in [3.05, 3.63) is 35.4 Å². The van der Waals surface area contributed by atoms with Gasteiger partial charge < -0.3 is 5.11 Å². The lowest BCUT2D eigenvalue weighted by atomic mass is 10.0. The molecule has 0 aromatic heterocycles. The van der Waals surface area contributed by atoms with Gasteiger partial charge in [-0.3, -0.25) is 4.79 Å². The summed E-state index contributed by atoms with van der Waals surface area (Å²) >= 11 is 0. The van der Waals surface area contributed by atoms with Crippen molar-refractivity contribution < 1.29 is 9.90 Å². The van der Waals surface area contributed by atoms with Gasteiger partial charge in [-0.05, 0) is 11.1 Å². The van der Waals surface area contributed by atoms with E-state index in [0.717, 1.165) is 11.1 Å². The molecule has 2 nitrogen and oxygen atoms in total. The van der Waals surface area contributed by atoms with E-state index in [2.05, 4.69) is 0 Å². The second-order valence-corrected chi connectivity index (χ2v) is 3.00. The van der Waals surface area contributed by atoms with Gasteiger partial charge in [-0.25, -0.2) is 0 Å². The molecule has 0 fully saturated rings. The van der Waals surface area contributed by atoms with E-state index in [0.29, 0.717) is 12.8 Å². The van der Waals surface area contributed by atoms with Gasteiger partial charge in [0.05, 0.1) is 6.61 Å². The maximum Gasteiger partial charge on any atom is 0.137 e. The summed E-state index contributed by atoms with van der Waals surface area (Å²) < 4.78 is 0. The first-order valence-corrected chi connectivity index (χ1v) is 4.47. The average Bonchev–Trinajstić information content (AvgIpc) is 2.18. The van der Waals surface area contributed by atoms with E-state index in [1.54, 1.807) is 0 Å². The number of hydrogen-bond donors (Lipinski definition) is 1. The first kappa shape index (κ1) is 9.93. The van der Waals surface area contributed by atoms with Gasteiger partial charge in [0, 0.05) is 12.8 Å². The molecule has 0 aliphatic carbocycles. The Labute approximate surface area is 78.2 Å². The summed E-state index contributed by atoms with van der Waals surface area (Å²) in [4.78, 5) is 11.2. The molecule has 0 aliphatic heterocycles. The Hall–Kier alpha value is -1.15. The largest absolute Gasteiger partial charge is 0.392 e. The van der Waals surface area contributed by atoms with Crippen LogP contribution in [0.25, 0.3) is 0 Å².